The number of aryl methyl sites for hydroxylation is 1. The van der Waals surface area contributed by atoms with E-state index in [1.807, 2.05) is 31.6 Å². The van der Waals surface area contributed by atoms with Crippen molar-refractivity contribution in [3.63, 3.8) is 0 Å². The van der Waals surface area contributed by atoms with E-state index in [4.69, 9.17) is 4.42 Å². The van der Waals surface area contributed by atoms with Crippen LogP contribution in [0, 0.1) is 0 Å². The van der Waals surface area contributed by atoms with Gasteiger partial charge in [0.25, 0.3) is 11.2 Å². The van der Waals surface area contributed by atoms with E-state index in [9.17, 15) is 0 Å². The summed E-state index contributed by atoms with van der Waals surface area (Å²) in [7, 11) is 2.02. The van der Waals surface area contributed by atoms with E-state index < -0.39 is 0 Å². The molecule has 0 amide bonds. The summed E-state index contributed by atoms with van der Waals surface area (Å²) < 4.78 is 10.3. The van der Waals surface area contributed by atoms with E-state index in [2.05, 4.69) is 25.2 Å². The highest BCUT2D eigenvalue weighted by molar-refractivity contribution is 6.01. The molecule has 20 heavy (non-hydrogen) atoms. The first-order valence-electron chi connectivity index (χ1n) is 6.53. The Morgan fingerprint density at radius 3 is 3.20 bits per heavy atom. The van der Waals surface area contributed by atoms with E-state index in [1.54, 1.807) is 6.20 Å². The van der Waals surface area contributed by atoms with Gasteiger partial charge < -0.3 is 8.98 Å². The van der Waals surface area contributed by atoms with Crippen LogP contribution in [0.25, 0.3) is 33.7 Å². The van der Waals surface area contributed by atoms with Crippen LogP contribution >= 0.6 is 0 Å². The van der Waals surface area contributed by atoms with E-state index >= 15 is 0 Å². The second-order valence-corrected chi connectivity index (χ2v) is 5.11. The predicted octanol–water partition coefficient (Wildman–Crippen LogP) is 2.03. The number of nitrogens with zero attached hydrogens (tertiary/aromatic N) is 4. The van der Waals surface area contributed by atoms with Gasteiger partial charge in [0.15, 0.2) is 12.2 Å². The Labute approximate surface area is 114 Å². The number of hydrogen-bond acceptors (Lipinski definition) is 3. The zero-order valence-electron chi connectivity index (χ0n) is 10.9. The van der Waals surface area contributed by atoms with E-state index in [0.717, 1.165) is 40.3 Å². The fourth-order valence-corrected chi connectivity index (χ4v) is 3.13. The SMILES string of the molecule is Cn1c2ccncc2c2c1oc1[n+]2Cc2cccnc2-1. The van der Waals surface area contributed by atoms with Crippen LogP contribution in [0.3, 0.4) is 0 Å². The Bertz CT molecular complexity index is 996. The van der Waals surface area contributed by atoms with E-state index in [-0.39, 0.29) is 0 Å². The van der Waals surface area contributed by atoms with E-state index in [0.29, 0.717) is 0 Å². The molecule has 0 saturated carbocycles. The van der Waals surface area contributed by atoms with Crippen molar-refractivity contribution in [1.82, 2.24) is 14.5 Å². The van der Waals surface area contributed by atoms with Gasteiger partial charge in [-0.1, -0.05) is 0 Å². The molecule has 4 aromatic heterocycles. The molecule has 0 unspecified atom stereocenters. The van der Waals surface area contributed by atoms with Gasteiger partial charge in [0.1, 0.15) is 0 Å². The van der Waals surface area contributed by atoms with Gasteiger partial charge >= 0.3 is 5.89 Å². The van der Waals surface area contributed by atoms with Crippen molar-refractivity contribution < 1.29 is 8.98 Å². The molecule has 96 valence electrons. The Hall–Kier alpha value is -2.69. The zero-order valence-corrected chi connectivity index (χ0v) is 10.9. The first kappa shape index (κ1) is 10.1. The van der Waals surface area contributed by atoms with Crippen LogP contribution < -0.4 is 4.57 Å². The lowest BCUT2D eigenvalue weighted by molar-refractivity contribution is -0.648. The molecule has 0 bridgehead atoms. The molecule has 0 fully saturated rings. The smallest absolute Gasteiger partial charge is 0.379 e. The number of oxazole rings is 1. The molecule has 0 saturated heterocycles. The summed E-state index contributed by atoms with van der Waals surface area (Å²) in [4.78, 5) is 8.69. The van der Waals surface area contributed by atoms with Gasteiger partial charge in [0.2, 0.25) is 0 Å². The maximum absolute atomic E-state index is 6.09. The van der Waals surface area contributed by atoms with Crippen LogP contribution in [0.5, 0.6) is 0 Å². The molecule has 0 N–H and O–H groups in total. The topological polar surface area (TPSA) is 47.7 Å². The van der Waals surface area contributed by atoms with Crippen LogP contribution in [0.1, 0.15) is 5.56 Å². The third-order valence-corrected chi connectivity index (χ3v) is 4.05. The quantitative estimate of drug-likeness (QED) is 0.402. The number of fused-ring (bicyclic) bond motifs is 7. The highest BCUT2D eigenvalue weighted by Gasteiger charge is 2.37. The molecule has 5 heterocycles. The number of aromatic nitrogens is 4. The number of hydrogen-bond donors (Lipinski definition) is 0. The third kappa shape index (κ3) is 1.02. The molecule has 0 aromatic carbocycles. The molecule has 5 nitrogen and oxygen atoms in total. The normalized spacial score (nSPS) is 13.1. The fourth-order valence-electron chi connectivity index (χ4n) is 3.13. The lowest BCUT2D eigenvalue weighted by atomic mass is 10.2. The molecule has 0 radical (unpaired) electrons. The summed E-state index contributed by atoms with van der Waals surface area (Å²) in [5.41, 5.74) is 5.26. The number of pyridine rings is 2. The first-order chi connectivity index (χ1) is 9.84. The molecule has 4 aromatic rings. The summed E-state index contributed by atoms with van der Waals surface area (Å²) in [6.07, 6.45) is 5.51. The maximum Gasteiger partial charge on any atom is 0.402 e. The van der Waals surface area contributed by atoms with Crippen molar-refractivity contribution in [2.45, 2.75) is 6.54 Å². The van der Waals surface area contributed by atoms with Crippen LogP contribution in [-0.4, -0.2) is 14.5 Å². The third-order valence-electron chi connectivity index (χ3n) is 4.05. The summed E-state index contributed by atoms with van der Waals surface area (Å²) in [5.74, 6) is 0.840. The minimum atomic E-state index is 0.805. The second-order valence-electron chi connectivity index (χ2n) is 5.11. The van der Waals surface area contributed by atoms with E-state index in [1.165, 1.54) is 5.56 Å². The van der Waals surface area contributed by atoms with Crippen molar-refractivity contribution in [2.75, 3.05) is 0 Å². The van der Waals surface area contributed by atoms with Gasteiger partial charge in [-0.05, 0) is 18.2 Å². The molecule has 5 heteroatoms. The van der Waals surface area contributed by atoms with Gasteiger partial charge in [0, 0.05) is 25.6 Å². The fraction of sp³-hybridized carbons (Fsp3) is 0.133. The molecule has 0 aliphatic carbocycles. The molecular formula is C15H11N4O+. The lowest BCUT2D eigenvalue weighted by Gasteiger charge is -1.93. The van der Waals surface area contributed by atoms with Gasteiger partial charge in [-0.3, -0.25) is 4.98 Å². The van der Waals surface area contributed by atoms with Crippen molar-refractivity contribution in [1.29, 1.82) is 0 Å². The molecule has 0 atom stereocenters. The summed E-state index contributed by atoms with van der Waals surface area (Å²) in [6, 6.07) is 6.07. The van der Waals surface area contributed by atoms with Crippen molar-refractivity contribution in [2.24, 2.45) is 7.05 Å². The summed E-state index contributed by atoms with van der Waals surface area (Å²) in [5, 5.41) is 1.12. The first-order valence-corrected chi connectivity index (χ1v) is 6.53. The highest BCUT2D eigenvalue weighted by atomic mass is 16.4. The largest absolute Gasteiger partial charge is 0.402 e. The standard InChI is InChI=1S/C15H11N4O/c1-18-11-4-6-16-7-10(11)13-15(18)20-14-12-9(8-19(13)14)3-2-5-17-12/h2-7H,8H2,1H3/q+1. The van der Waals surface area contributed by atoms with Gasteiger partial charge in [-0.15, -0.1) is 4.57 Å². The Kier molecular flexibility index (Phi) is 1.65. The van der Waals surface area contributed by atoms with Gasteiger partial charge in [-0.25, -0.2) is 4.98 Å². The molecule has 0 spiro atoms. The van der Waals surface area contributed by atoms with Crippen LogP contribution in [0.2, 0.25) is 0 Å². The molecule has 1 aliphatic heterocycles. The maximum atomic E-state index is 6.09. The number of rotatable bonds is 0. The van der Waals surface area contributed by atoms with Gasteiger partial charge in [-0.2, -0.15) is 0 Å². The van der Waals surface area contributed by atoms with Crippen LogP contribution in [0.15, 0.2) is 41.2 Å². The second kappa shape index (κ2) is 3.25. The highest BCUT2D eigenvalue weighted by Crippen LogP contribution is 2.33. The zero-order chi connectivity index (χ0) is 13.3. The van der Waals surface area contributed by atoms with Crippen LogP contribution in [0.4, 0.5) is 0 Å². The van der Waals surface area contributed by atoms with Crippen molar-refractivity contribution in [3.05, 3.63) is 42.4 Å². The lowest BCUT2D eigenvalue weighted by Crippen LogP contribution is -2.30. The Balaban J connectivity index is 1.97. The monoisotopic (exact) mass is 263 g/mol. The average Bonchev–Trinajstić information content (AvgIpc) is 3.09. The predicted molar refractivity (Wildman–Crippen MR) is 73.0 cm³/mol. The summed E-state index contributed by atoms with van der Waals surface area (Å²) >= 11 is 0. The Morgan fingerprint density at radius 1 is 1.30 bits per heavy atom. The van der Waals surface area contributed by atoms with Crippen molar-refractivity contribution >= 4 is 22.1 Å². The minimum Gasteiger partial charge on any atom is -0.379 e. The molecule has 1 aliphatic rings. The Morgan fingerprint density at radius 2 is 2.25 bits per heavy atom. The van der Waals surface area contributed by atoms with Crippen molar-refractivity contribution in [3.8, 4) is 11.6 Å². The minimum absolute atomic E-state index is 0.805. The molecule has 5 rings (SSSR count). The summed E-state index contributed by atoms with van der Waals surface area (Å²) in [6.45, 7) is 0.805. The molecular weight excluding hydrogens is 252 g/mol. The average molecular weight is 263 g/mol. The van der Waals surface area contributed by atoms with Crippen LogP contribution in [-0.2, 0) is 13.6 Å². The van der Waals surface area contributed by atoms with Gasteiger partial charge in [0.05, 0.1) is 16.5 Å².